The van der Waals surface area contributed by atoms with Crippen molar-refractivity contribution in [1.82, 2.24) is 14.7 Å². The number of hydrogen-bond donors (Lipinski definition) is 1. The molecule has 0 bridgehead atoms. The van der Waals surface area contributed by atoms with Crippen LogP contribution >= 0.6 is 0 Å². The van der Waals surface area contributed by atoms with E-state index in [0.717, 1.165) is 45.3 Å². The summed E-state index contributed by atoms with van der Waals surface area (Å²) < 4.78 is 10.9. The van der Waals surface area contributed by atoms with E-state index < -0.39 is 17.7 Å². The first-order chi connectivity index (χ1) is 14.1. The number of β-amino-alcohol motifs (C(OH)–C–C–N with tert-alkyl or cyclic N) is 1. The van der Waals surface area contributed by atoms with Crippen molar-refractivity contribution in [3.63, 3.8) is 0 Å². The maximum absolute atomic E-state index is 13.1. The van der Waals surface area contributed by atoms with E-state index in [0.29, 0.717) is 19.7 Å². The van der Waals surface area contributed by atoms with Gasteiger partial charge in [0.05, 0.1) is 18.8 Å². The third kappa shape index (κ3) is 5.26. The van der Waals surface area contributed by atoms with Crippen molar-refractivity contribution >= 4 is 12.0 Å². The molecule has 0 radical (unpaired) electrons. The van der Waals surface area contributed by atoms with Gasteiger partial charge in [0.25, 0.3) is 0 Å². The summed E-state index contributed by atoms with van der Waals surface area (Å²) in [5, 5.41) is 10.4. The Hall–Kier alpha value is -1.38. The van der Waals surface area contributed by atoms with Crippen LogP contribution in [0.3, 0.4) is 0 Å². The van der Waals surface area contributed by atoms with Crippen molar-refractivity contribution in [2.45, 2.75) is 77.2 Å². The number of carbonyl (C=O) groups excluding carboxylic acids is 2. The molecule has 2 saturated heterocycles. The predicted molar refractivity (Wildman–Crippen MR) is 113 cm³/mol. The minimum atomic E-state index is -0.590. The van der Waals surface area contributed by atoms with Crippen LogP contribution in [0.4, 0.5) is 4.79 Å². The minimum absolute atomic E-state index is 0.0420. The van der Waals surface area contributed by atoms with Crippen molar-refractivity contribution in [3.05, 3.63) is 0 Å². The Morgan fingerprint density at radius 3 is 2.50 bits per heavy atom. The van der Waals surface area contributed by atoms with E-state index in [9.17, 15) is 14.7 Å². The second kappa shape index (κ2) is 9.01. The molecule has 0 aromatic heterocycles. The van der Waals surface area contributed by atoms with Crippen LogP contribution < -0.4 is 0 Å². The van der Waals surface area contributed by atoms with Gasteiger partial charge in [-0.25, -0.2) is 4.79 Å². The third-order valence-electron chi connectivity index (χ3n) is 6.85. The van der Waals surface area contributed by atoms with Gasteiger partial charge in [0.2, 0.25) is 5.91 Å². The number of carbonyl (C=O) groups is 2. The van der Waals surface area contributed by atoms with E-state index >= 15 is 0 Å². The zero-order chi connectivity index (χ0) is 22.1. The second-order valence-electron chi connectivity index (χ2n) is 10.2. The lowest BCUT2D eigenvalue weighted by Gasteiger charge is -2.43. The molecule has 1 aliphatic carbocycles. The molecular weight excluding hydrogens is 386 g/mol. The van der Waals surface area contributed by atoms with Gasteiger partial charge >= 0.3 is 6.09 Å². The Balaban J connectivity index is 1.55. The largest absolute Gasteiger partial charge is 0.444 e. The van der Waals surface area contributed by atoms with Crippen LogP contribution in [0.2, 0.25) is 0 Å². The third-order valence-corrected chi connectivity index (χ3v) is 6.85. The molecule has 3 atom stereocenters. The quantitative estimate of drug-likeness (QED) is 0.698. The fourth-order valence-corrected chi connectivity index (χ4v) is 4.70. The van der Waals surface area contributed by atoms with Gasteiger partial charge in [0.1, 0.15) is 11.6 Å². The smallest absolute Gasteiger partial charge is 0.411 e. The molecule has 2 amide bonds. The van der Waals surface area contributed by atoms with E-state index in [1.165, 1.54) is 4.90 Å². The van der Waals surface area contributed by atoms with Gasteiger partial charge in [0.15, 0.2) is 0 Å². The topological polar surface area (TPSA) is 82.6 Å². The average molecular weight is 426 g/mol. The van der Waals surface area contributed by atoms with Gasteiger partial charge in [-0.3, -0.25) is 9.69 Å². The molecule has 3 fully saturated rings. The normalized spacial score (nSPS) is 28.0. The monoisotopic (exact) mass is 425 g/mol. The number of methoxy groups -OCH3 is 1. The highest BCUT2D eigenvalue weighted by Gasteiger charge is 2.51. The molecule has 2 aliphatic heterocycles. The van der Waals surface area contributed by atoms with Crippen molar-refractivity contribution in [3.8, 4) is 0 Å². The lowest BCUT2D eigenvalue weighted by molar-refractivity contribution is -0.145. The summed E-state index contributed by atoms with van der Waals surface area (Å²) in [5.41, 5.74) is -0.389. The van der Waals surface area contributed by atoms with Gasteiger partial charge in [-0.15, -0.1) is 0 Å². The van der Waals surface area contributed by atoms with Crippen LogP contribution in [0.15, 0.2) is 0 Å². The maximum atomic E-state index is 13.1. The standard InChI is InChI=1S/C22H39N3O5/c1-16-19(27)25(13-12-24(16)20(28)30-21(2,3)4)17(15-29-5)6-10-23-11-9-22(7-8-22)18(26)14-23/h16-18,26H,6-15H2,1-5H3/t16-,17+,18-/m1/s1. The molecule has 1 spiro atoms. The van der Waals surface area contributed by atoms with E-state index in [1.807, 2.05) is 25.7 Å². The highest BCUT2D eigenvalue weighted by Crippen LogP contribution is 2.53. The number of nitrogens with zero attached hydrogens (tertiary/aromatic N) is 3. The molecule has 1 saturated carbocycles. The number of rotatable bonds is 6. The summed E-state index contributed by atoms with van der Waals surface area (Å²) in [7, 11) is 1.65. The fourth-order valence-electron chi connectivity index (χ4n) is 4.70. The molecule has 3 aliphatic rings. The molecule has 8 nitrogen and oxygen atoms in total. The number of piperazine rings is 1. The molecule has 8 heteroatoms. The molecule has 2 heterocycles. The van der Waals surface area contributed by atoms with Gasteiger partial charge < -0.3 is 24.4 Å². The zero-order valence-corrected chi connectivity index (χ0v) is 19.2. The number of piperidine rings is 1. The van der Waals surface area contributed by atoms with E-state index in [4.69, 9.17) is 9.47 Å². The lowest BCUT2D eigenvalue weighted by atomic mass is 9.90. The van der Waals surface area contributed by atoms with E-state index in [2.05, 4.69) is 4.90 Å². The van der Waals surface area contributed by atoms with Crippen LogP contribution in [-0.2, 0) is 14.3 Å². The van der Waals surface area contributed by atoms with Gasteiger partial charge in [-0.1, -0.05) is 0 Å². The lowest BCUT2D eigenvalue weighted by Crippen LogP contribution is -2.61. The van der Waals surface area contributed by atoms with Gasteiger partial charge in [-0.05, 0) is 65.3 Å². The molecule has 0 aromatic rings. The first-order valence-electron chi connectivity index (χ1n) is 11.3. The summed E-state index contributed by atoms with van der Waals surface area (Å²) in [6.07, 6.45) is 3.49. The molecule has 0 unspecified atom stereocenters. The number of aliphatic hydroxyl groups excluding tert-OH is 1. The number of likely N-dealkylation sites (tertiary alicyclic amines) is 1. The SMILES string of the molecule is COC[C@H](CCN1CCC2(CC2)[C@H](O)C1)N1CCN(C(=O)OC(C)(C)C)[C@H](C)C1=O. The number of amides is 2. The van der Waals surface area contributed by atoms with E-state index in [1.54, 1.807) is 14.0 Å². The van der Waals surface area contributed by atoms with Crippen LogP contribution in [0.5, 0.6) is 0 Å². The Labute approximate surface area is 180 Å². The van der Waals surface area contributed by atoms with Gasteiger partial charge in [-0.2, -0.15) is 0 Å². The maximum Gasteiger partial charge on any atom is 0.411 e. The van der Waals surface area contributed by atoms with Crippen LogP contribution in [0.1, 0.15) is 53.4 Å². The summed E-state index contributed by atoms with van der Waals surface area (Å²) in [6, 6.07) is -0.598. The number of ether oxygens (including phenoxy) is 2. The first-order valence-corrected chi connectivity index (χ1v) is 11.3. The first kappa shape index (κ1) is 23.3. The summed E-state index contributed by atoms with van der Waals surface area (Å²) in [4.78, 5) is 31.2. The fraction of sp³-hybridized carbons (Fsp3) is 0.909. The average Bonchev–Trinajstić information content (AvgIpc) is 3.43. The van der Waals surface area contributed by atoms with E-state index in [-0.39, 0.29) is 23.5 Å². The van der Waals surface area contributed by atoms with Gasteiger partial charge in [0, 0.05) is 33.3 Å². The Morgan fingerprint density at radius 1 is 1.23 bits per heavy atom. The summed E-state index contributed by atoms with van der Waals surface area (Å²) >= 11 is 0. The minimum Gasteiger partial charge on any atom is -0.444 e. The van der Waals surface area contributed by atoms with Crippen molar-refractivity contribution in [2.75, 3.05) is 46.4 Å². The van der Waals surface area contributed by atoms with Crippen LogP contribution in [0.25, 0.3) is 0 Å². The Morgan fingerprint density at radius 2 is 1.93 bits per heavy atom. The highest BCUT2D eigenvalue weighted by molar-refractivity contribution is 5.86. The second-order valence-corrected chi connectivity index (χ2v) is 10.2. The summed E-state index contributed by atoms with van der Waals surface area (Å²) in [6.45, 7) is 11.2. The Bertz CT molecular complexity index is 631. The molecule has 0 aromatic carbocycles. The van der Waals surface area contributed by atoms with Crippen molar-refractivity contribution < 1.29 is 24.2 Å². The van der Waals surface area contributed by atoms with Crippen LogP contribution in [0, 0.1) is 5.41 Å². The number of aliphatic hydroxyl groups is 1. The van der Waals surface area contributed by atoms with Crippen molar-refractivity contribution in [1.29, 1.82) is 0 Å². The number of hydrogen-bond acceptors (Lipinski definition) is 6. The van der Waals surface area contributed by atoms with Crippen molar-refractivity contribution in [2.24, 2.45) is 5.41 Å². The zero-order valence-electron chi connectivity index (χ0n) is 19.2. The highest BCUT2D eigenvalue weighted by atomic mass is 16.6. The molecule has 3 rings (SSSR count). The summed E-state index contributed by atoms with van der Waals surface area (Å²) in [5.74, 6) is -0.0650. The molecule has 172 valence electrons. The molecule has 1 N–H and O–H groups in total. The Kier molecular flexibility index (Phi) is 6.99. The van der Waals surface area contributed by atoms with Crippen LogP contribution in [-0.4, -0.2) is 102 Å². The molecule has 30 heavy (non-hydrogen) atoms. The predicted octanol–water partition coefficient (Wildman–Crippen LogP) is 1.71. The molecular formula is C22H39N3O5.